The largest absolute Gasteiger partial charge is 0.343 e. The molecule has 2 aromatic carbocycles. The highest BCUT2D eigenvalue weighted by atomic mass is 32.2. The molecule has 3 aromatic rings. The van der Waals surface area contributed by atoms with Crippen LogP contribution in [0.15, 0.2) is 74.8 Å². The van der Waals surface area contributed by atoms with E-state index < -0.39 is 16.1 Å². The molecule has 1 atom stereocenters. The second kappa shape index (κ2) is 7.72. The van der Waals surface area contributed by atoms with Crippen molar-refractivity contribution < 1.29 is 13.2 Å². The lowest BCUT2D eigenvalue weighted by Gasteiger charge is -2.25. The second-order valence-corrected chi connectivity index (χ2v) is 9.19. The second-order valence-electron chi connectivity index (χ2n) is 7.61. The van der Waals surface area contributed by atoms with Crippen molar-refractivity contribution in [3.05, 3.63) is 76.6 Å². The van der Waals surface area contributed by atoms with Crippen molar-refractivity contribution >= 4 is 27.5 Å². The van der Waals surface area contributed by atoms with E-state index in [4.69, 9.17) is 0 Å². The Kier molecular flexibility index (Phi) is 4.86. The van der Waals surface area contributed by atoms with Gasteiger partial charge in [-0.2, -0.15) is 13.5 Å². The maximum absolute atomic E-state index is 13.1. The number of carbonyl (C=O) groups excluding carboxylic acids is 1. The minimum atomic E-state index is -3.76. The highest BCUT2D eigenvalue weighted by Gasteiger charge is 2.39. The molecule has 1 aromatic heterocycles. The van der Waals surface area contributed by atoms with Gasteiger partial charge in [0.2, 0.25) is 5.91 Å². The van der Waals surface area contributed by atoms with Crippen LogP contribution in [0.2, 0.25) is 0 Å². The van der Waals surface area contributed by atoms with Gasteiger partial charge >= 0.3 is 0 Å². The molecule has 2 N–H and O–H groups in total. The van der Waals surface area contributed by atoms with Crippen molar-refractivity contribution in [2.45, 2.75) is 23.8 Å². The molecule has 1 fully saturated rings. The molecule has 0 spiro atoms. The van der Waals surface area contributed by atoms with Crippen molar-refractivity contribution in [2.24, 2.45) is 4.40 Å². The monoisotopic (exact) mass is 449 g/mol. The van der Waals surface area contributed by atoms with Gasteiger partial charge in [0.25, 0.3) is 15.6 Å². The first kappa shape index (κ1) is 20.1. The van der Waals surface area contributed by atoms with Crippen molar-refractivity contribution in [1.29, 1.82) is 0 Å². The quantitative estimate of drug-likeness (QED) is 0.630. The molecule has 162 valence electrons. The lowest BCUT2D eigenvalue weighted by molar-refractivity contribution is -0.119. The Hall–Kier alpha value is -3.79. The summed E-state index contributed by atoms with van der Waals surface area (Å²) in [5.74, 6) is 0.0861. The van der Waals surface area contributed by atoms with Crippen LogP contribution in [-0.4, -0.2) is 47.8 Å². The Balaban J connectivity index is 1.39. The fourth-order valence-corrected chi connectivity index (χ4v) is 5.29. The van der Waals surface area contributed by atoms with Crippen LogP contribution in [0, 0.1) is 0 Å². The number of hydrogen-bond acceptors (Lipinski definition) is 6. The van der Waals surface area contributed by atoms with Crippen LogP contribution in [0.5, 0.6) is 0 Å². The van der Waals surface area contributed by atoms with Gasteiger partial charge in [-0.25, -0.2) is 5.10 Å². The van der Waals surface area contributed by atoms with Crippen molar-refractivity contribution in [3.63, 3.8) is 0 Å². The van der Waals surface area contributed by atoms with Gasteiger partial charge in [0, 0.05) is 29.4 Å². The molecule has 1 saturated heterocycles. The van der Waals surface area contributed by atoms with Crippen molar-refractivity contribution in [3.8, 4) is 11.3 Å². The molecule has 2 aliphatic heterocycles. The summed E-state index contributed by atoms with van der Waals surface area (Å²) in [5, 5.41) is 9.33. The number of hydrogen-bond donors (Lipinski definition) is 2. The third-order valence-corrected chi connectivity index (χ3v) is 6.87. The van der Waals surface area contributed by atoms with Gasteiger partial charge in [-0.05, 0) is 43.2 Å². The normalized spacial score (nSPS) is 18.8. The molecule has 0 radical (unpaired) electrons. The maximum Gasteiger partial charge on any atom is 0.285 e. The maximum atomic E-state index is 13.1. The Morgan fingerprint density at radius 3 is 2.75 bits per heavy atom. The first-order valence-corrected chi connectivity index (χ1v) is 11.5. The summed E-state index contributed by atoms with van der Waals surface area (Å²) in [4.78, 5) is 26.3. The molecule has 9 nitrogen and oxygen atoms in total. The lowest BCUT2D eigenvalue weighted by atomic mass is 10.1. The van der Waals surface area contributed by atoms with E-state index in [0.717, 1.165) is 12.0 Å². The summed E-state index contributed by atoms with van der Waals surface area (Å²) in [6.45, 7) is 0.544. The number of H-pyrrole nitrogens is 1. The zero-order valence-corrected chi connectivity index (χ0v) is 17.7. The number of nitrogens with one attached hydrogen (secondary N) is 2. The van der Waals surface area contributed by atoms with Gasteiger partial charge in [-0.15, -0.1) is 4.40 Å². The van der Waals surface area contributed by atoms with Gasteiger partial charge < -0.3 is 10.2 Å². The fraction of sp³-hybridized carbons (Fsp3) is 0.182. The van der Waals surface area contributed by atoms with Crippen LogP contribution in [0.25, 0.3) is 11.3 Å². The molecular formula is C22H19N5O4S. The Labute approximate surface area is 183 Å². The van der Waals surface area contributed by atoms with E-state index in [1.807, 2.05) is 6.07 Å². The Morgan fingerprint density at radius 2 is 1.94 bits per heavy atom. The number of amides is 1. The molecule has 1 amide bonds. The molecule has 32 heavy (non-hydrogen) atoms. The summed E-state index contributed by atoms with van der Waals surface area (Å²) in [6, 6.07) is 16.3. The Morgan fingerprint density at radius 1 is 1.09 bits per heavy atom. The van der Waals surface area contributed by atoms with Gasteiger partial charge in [0.15, 0.2) is 5.84 Å². The average molecular weight is 449 g/mol. The van der Waals surface area contributed by atoms with E-state index in [9.17, 15) is 18.0 Å². The number of anilines is 1. The SMILES string of the molecule is O=C(Nc1cccc(-c2ccc(=O)[nH]n2)c1)[C@@H]1CCCN1C1=NS(=O)(=O)c2ccccc21. The molecule has 2 aliphatic rings. The number of fused-ring (bicyclic) bond motifs is 1. The van der Waals surface area contributed by atoms with E-state index in [-0.39, 0.29) is 16.4 Å². The Bertz CT molecular complexity index is 1390. The molecule has 0 saturated carbocycles. The summed E-state index contributed by atoms with van der Waals surface area (Å²) >= 11 is 0. The summed E-state index contributed by atoms with van der Waals surface area (Å²) in [6.07, 6.45) is 1.34. The number of sulfonamides is 1. The number of carbonyl (C=O) groups is 1. The number of rotatable bonds is 3. The average Bonchev–Trinajstić information content (AvgIpc) is 3.37. The highest BCUT2D eigenvalue weighted by molar-refractivity contribution is 7.90. The first-order chi connectivity index (χ1) is 15.4. The van der Waals surface area contributed by atoms with Crippen LogP contribution in [0.4, 0.5) is 5.69 Å². The van der Waals surface area contributed by atoms with Gasteiger partial charge in [0.1, 0.15) is 10.9 Å². The van der Waals surface area contributed by atoms with Crippen LogP contribution < -0.4 is 10.9 Å². The van der Waals surface area contributed by atoms with Crippen LogP contribution >= 0.6 is 0 Å². The van der Waals surface area contributed by atoms with Crippen LogP contribution in [-0.2, 0) is 14.8 Å². The zero-order chi connectivity index (χ0) is 22.3. The standard InChI is InChI=1S/C22H19N5O4S/c28-20-11-10-17(24-25-20)14-5-3-6-15(13-14)23-22(29)18-8-4-12-27(18)21-16-7-1-2-9-19(16)32(30,31)26-21/h1-3,5-7,9-11,13,18H,4,8,12H2,(H,23,29)(H,25,28)/t18-/m0/s1. The van der Waals surface area contributed by atoms with E-state index in [1.54, 1.807) is 47.4 Å². The molecule has 3 heterocycles. The third kappa shape index (κ3) is 3.58. The number of benzene rings is 2. The van der Waals surface area contributed by atoms with Crippen LogP contribution in [0.3, 0.4) is 0 Å². The summed E-state index contributed by atoms with van der Waals surface area (Å²) in [7, 11) is -3.76. The summed E-state index contributed by atoms with van der Waals surface area (Å²) in [5.41, 5.74) is 2.12. The molecule has 0 bridgehead atoms. The zero-order valence-electron chi connectivity index (χ0n) is 16.9. The van der Waals surface area contributed by atoms with Gasteiger partial charge in [0.05, 0.1) is 5.69 Å². The molecule has 10 heteroatoms. The molecule has 0 unspecified atom stereocenters. The smallest absolute Gasteiger partial charge is 0.285 e. The highest BCUT2D eigenvalue weighted by Crippen LogP contribution is 2.31. The predicted octanol–water partition coefficient (Wildman–Crippen LogP) is 1.99. The number of amidine groups is 1. The van der Waals surface area contributed by atoms with Gasteiger partial charge in [-0.1, -0.05) is 24.3 Å². The molecule has 0 aliphatic carbocycles. The number of likely N-dealkylation sites (tertiary alicyclic amines) is 1. The molecular weight excluding hydrogens is 430 g/mol. The van der Waals surface area contributed by atoms with E-state index in [0.29, 0.717) is 35.7 Å². The van der Waals surface area contributed by atoms with Crippen molar-refractivity contribution in [1.82, 2.24) is 15.1 Å². The third-order valence-electron chi connectivity index (χ3n) is 5.55. The van der Waals surface area contributed by atoms with E-state index in [2.05, 4.69) is 19.9 Å². The van der Waals surface area contributed by atoms with E-state index >= 15 is 0 Å². The minimum absolute atomic E-state index is 0.169. The summed E-state index contributed by atoms with van der Waals surface area (Å²) < 4.78 is 28.8. The number of aromatic amines is 1. The van der Waals surface area contributed by atoms with Crippen molar-refractivity contribution in [2.75, 3.05) is 11.9 Å². The first-order valence-electron chi connectivity index (χ1n) is 10.1. The van der Waals surface area contributed by atoms with Crippen LogP contribution in [0.1, 0.15) is 18.4 Å². The topological polar surface area (TPSA) is 125 Å². The van der Waals surface area contributed by atoms with Gasteiger partial charge in [-0.3, -0.25) is 9.59 Å². The molecule has 5 rings (SSSR count). The number of aromatic nitrogens is 2. The number of nitrogens with zero attached hydrogens (tertiary/aromatic N) is 3. The predicted molar refractivity (Wildman–Crippen MR) is 119 cm³/mol. The lowest BCUT2D eigenvalue weighted by Crippen LogP contribution is -2.43. The fourth-order valence-electron chi connectivity index (χ4n) is 4.08. The van der Waals surface area contributed by atoms with E-state index in [1.165, 1.54) is 12.1 Å². The minimum Gasteiger partial charge on any atom is -0.343 e.